The Hall–Kier alpha value is -2.05. The zero-order valence-electron chi connectivity index (χ0n) is 9.80. The minimum Gasteiger partial charge on any atom is -0.480 e. The lowest BCUT2D eigenvalue weighted by molar-refractivity contribution is -0.139. The van der Waals surface area contributed by atoms with Crippen molar-refractivity contribution in [1.29, 1.82) is 0 Å². The van der Waals surface area contributed by atoms with Crippen LogP contribution in [0.2, 0.25) is 0 Å². The molecule has 0 aliphatic heterocycles. The predicted molar refractivity (Wildman–Crippen MR) is 60.3 cm³/mol. The number of hydrogen-bond acceptors (Lipinski definition) is 3. The maximum Gasteiger partial charge on any atom is 0.326 e. The van der Waals surface area contributed by atoms with Crippen molar-refractivity contribution >= 4 is 12.0 Å². The molecule has 94 valence electrons. The van der Waals surface area contributed by atoms with Crippen LogP contribution in [0.3, 0.4) is 0 Å². The fraction of sp³-hybridized carbons (Fsp3) is 0.500. The summed E-state index contributed by atoms with van der Waals surface area (Å²) in [5, 5.41) is 11.2. The number of nitrogens with one attached hydrogen (secondary N) is 2. The molecule has 17 heavy (non-hydrogen) atoms. The van der Waals surface area contributed by atoms with Gasteiger partial charge in [-0.15, -0.1) is 0 Å². The summed E-state index contributed by atoms with van der Waals surface area (Å²) in [5.74, 6) is -0.390. The number of H-pyrrole nitrogens is 1. The largest absolute Gasteiger partial charge is 0.480 e. The third kappa shape index (κ3) is 3.78. The van der Waals surface area contributed by atoms with Crippen LogP contribution in [0.25, 0.3) is 0 Å². The zero-order valence-corrected chi connectivity index (χ0v) is 9.80. The predicted octanol–water partition coefficient (Wildman–Crippen LogP) is 0.414. The minimum absolute atomic E-state index is 0.300. The number of nitrogens with zero attached hydrogens (tertiary/aromatic N) is 2. The molecule has 0 saturated heterocycles. The van der Waals surface area contributed by atoms with Crippen LogP contribution >= 0.6 is 0 Å². The second-order valence-corrected chi connectivity index (χ2v) is 3.64. The molecule has 1 rings (SSSR count). The summed E-state index contributed by atoms with van der Waals surface area (Å²) in [6.45, 7) is 2.00. The Balaban J connectivity index is 2.49. The molecule has 7 nitrogen and oxygen atoms in total. The van der Waals surface area contributed by atoms with Crippen LogP contribution in [0.5, 0.6) is 0 Å². The molecule has 0 aromatic carbocycles. The van der Waals surface area contributed by atoms with Gasteiger partial charge in [0.25, 0.3) is 0 Å². The van der Waals surface area contributed by atoms with E-state index >= 15 is 0 Å². The van der Waals surface area contributed by atoms with Gasteiger partial charge in [-0.05, 0) is 6.42 Å². The molecular weight excluding hydrogens is 224 g/mol. The number of aromatic nitrogens is 2. The van der Waals surface area contributed by atoms with Crippen LogP contribution < -0.4 is 5.32 Å². The highest BCUT2D eigenvalue weighted by Crippen LogP contribution is 1.98. The van der Waals surface area contributed by atoms with E-state index in [4.69, 9.17) is 5.11 Å². The molecule has 1 aromatic rings. The van der Waals surface area contributed by atoms with Crippen molar-refractivity contribution in [3.8, 4) is 0 Å². The molecule has 7 heteroatoms. The summed E-state index contributed by atoms with van der Waals surface area (Å²) in [6.07, 6.45) is 3.59. The van der Waals surface area contributed by atoms with Gasteiger partial charge in [0.15, 0.2) is 0 Å². The number of aliphatic carboxylic acids is 1. The lowest BCUT2D eigenvalue weighted by Crippen LogP contribution is -2.46. The van der Waals surface area contributed by atoms with Crippen LogP contribution in [-0.4, -0.2) is 45.1 Å². The summed E-state index contributed by atoms with van der Waals surface area (Å²) in [4.78, 5) is 30.6. The molecule has 0 spiro atoms. The molecule has 0 aliphatic carbocycles. The molecule has 0 fully saturated rings. The smallest absolute Gasteiger partial charge is 0.326 e. The first-order valence-electron chi connectivity index (χ1n) is 5.27. The van der Waals surface area contributed by atoms with Crippen molar-refractivity contribution in [2.75, 3.05) is 7.05 Å². The standard InChI is InChI=1S/C10H16N4O3/c1-3-7(9(15)16)13-10(17)14(2)6-8-11-4-5-12-8/h4-5,7H,3,6H2,1-2H3,(H,11,12)(H,13,17)(H,15,16)/t7-/m1/s1. The van der Waals surface area contributed by atoms with Crippen molar-refractivity contribution in [3.05, 3.63) is 18.2 Å². The average molecular weight is 240 g/mol. The molecule has 2 amide bonds. The topological polar surface area (TPSA) is 98.3 Å². The summed E-state index contributed by atoms with van der Waals surface area (Å²) < 4.78 is 0. The summed E-state index contributed by atoms with van der Waals surface area (Å²) in [5.41, 5.74) is 0. The van der Waals surface area contributed by atoms with E-state index in [-0.39, 0.29) is 0 Å². The van der Waals surface area contributed by atoms with E-state index in [1.165, 1.54) is 4.90 Å². The Morgan fingerprint density at radius 2 is 2.35 bits per heavy atom. The molecule has 3 N–H and O–H groups in total. The first-order chi connectivity index (χ1) is 8.04. The van der Waals surface area contributed by atoms with Gasteiger partial charge in [-0.2, -0.15) is 0 Å². The van der Waals surface area contributed by atoms with Crippen LogP contribution in [0.4, 0.5) is 4.79 Å². The first-order valence-corrected chi connectivity index (χ1v) is 5.27. The maximum atomic E-state index is 11.7. The molecule has 0 bridgehead atoms. The minimum atomic E-state index is -1.03. The van der Waals surface area contributed by atoms with Gasteiger partial charge in [0, 0.05) is 19.4 Å². The fourth-order valence-electron chi connectivity index (χ4n) is 1.28. The Morgan fingerprint density at radius 3 is 2.82 bits per heavy atom. The van der Waals surface area contributed by atoms with Crippen molar-refractivity contribution in [1.82, 2.24) is 20.2 Å². The van der Waals surface area contributed by atoms with Gasteiger partial charge in [0.1, 0.15) is 11.9 Å². The van der Waals surface area contributed by atoms with E-state index in [0.29, 0.717) is 18.8 Å². The number of rotatable bonds is 5. The highest BCUT2D eigenvalue weighted by molar-refractivity contribution is 5.82. The Kier molecular flexibility index (Phi) is 4.50. The molecule has 1 atom stereocenters. The van der Waals surface area contributed by atoms with Crippen molar-refractivity contribution in [2.24, 2.45) is 0 Å². The van der Waals surface area contributed by atoms with E-state index in [2.05, 4.69) is 15.3 Å². The quantitative estimate of drug-likeness (QED) is 0.694. The van der Waals surface area contributed by atoms with Crippen molar-refractivity contribution in [2.45, 2.75) is 25.9 Å². The van der Waals surface area contributed by atoms with Crippen molar-refractivity contribution < 1.29 is 14.7 Å². The lowest BCUT2D eigenvalue weighted by Gasteiger charge is -2.19. The molecule has 0 saturated carbocycles. The van der Waals surface area contributed by atoms with Crippen LogP contribution in [0, 0.1) is 0 Å². The average Bonchev–Trinajstić information content (AvgIpc) is 2.77. The maximum absolute atomic E-state index is 11.7. The Morgan fingerprint density at radius 1 is 1.65 bits per heavy atom. The molecule has 0 unspecified atom stereocenters. The number of carboxylic acids is 1. The van der Waals surface area contributed by atoms with E-state index in [9.17, 15) is 9.59 Å². The number of urea groups is 1. The summed E-state index contributed by atoms with van der Waals surface area (Å²) in [7, 11) is 1.58. The fourth-order valence-corrected chi connectivity index (χ4v) is 1.28. The number of aromatic amines is 1. The second kappa shape index (κ2) is 5.88. The van der Waals surface area contributed by atoms with Crippen LogP contribution in [-0.2, 0) is 11.3 Å². The lowest BCUT2D eigenvalue weighted by atomic mass is 10.2. The van der Waals surface area contributed by atoms with Gasteiger partial charge >= 0.3 is 12.0 Å². The van der Waals surface area contributed by atoms with Gasteiger partial charge in [-0.1, -0.05) is 6.92 Å². The van der Waals surface area contributed by atoms with Gasteiger partial charge in [-0.25, -0.2) is 14.6 Å². The third-order valence-corrected chi connectivity index (χ3v) is 2.29. The van der Waals surface area contributed by atoms with Gasteiger partial charge in [0.2, 0.25) is 0 Å². The molecular formula is C10H16N4O3. The Labute approximate surface area is 98.8 Å². The number of carbonyl (C=O) groups excluding carboxylic acids is 1. The molecule has 0 radical (unpaired) electrons. The molecule has 1 aromatic heterocycles. The Bertz CT molecular complexity index is 377. The van der Waals surface area contributed by atoms with Gasteiger partial charge in [-0.3, -0.25) is 0 Å². The molecule has 0 aliphatic rings. The van der Waals surface area contributed by atoms with Gasteiger partial charge in [0.05, 0.1) is 6.54 Å². The number of amides is 2. The van der Waals surface area contributed by atoms with Gasteiger partial charge < -0.3 is 20.3 Å². The second-order valence-electron chi connectivity index (χ2n) is 3.64. The number of carbonyl (C=O) groups is 2. The highest BCUT2D eigenvalue weighted by atomic mass is 16.4. The number of imidazole rings is 1. The normalized spacial score (nSPS) is 11.9. The van der Waals surface area contributed by atoms with E-state index < -0.39 is 18.0 Å². The highest BCUT2D eigenvalue weighted by Gasteiger charge is 2.19. The zero-order chi connectivity index (χ0) is 12.8. The number of hydrogen-bond donors (Lipinski definition) is 3. The van der Waals surface area contributed by atoms with E-state index in [1.54, 1.807) is 26.4 Å². The van der Waals surface area contributed by atoms with E-state index in [1.807, 2.05) is 0 Å². The molecule has 1 heterocycles. The number of carboxylic acid groups (broad SMARTS) is 1. The SMILES string of the molecule is CC[C@@H](NC(=O)N(C)Cc1ncc[nH]1)C(=O)O. The first kappa shape index (κ1) is 13.0. The van der Waals surface area contributed by atoms with E-state index in [0.717, 1.165) is 0 Å². The summed E-state index contributed by atoms with van der Waals surface area (Å²) in [6, 6.07) is -1.29. The third-order valence-electron chi connectivity index (χ3n) is 2.29. The van der Waals surface area contributed by atoms with Crippen molar-refractivity contribution in [3.63, 3.8) is 0 Å². The summed E-state index contributed by atoms with van der Waals surface area (Å²) >= 11 is 0. The van der Waals surface area contributed by atoms with Crippen LogP contribution in [0.15, 0.2) is 12.4 Å². The monoisotopic (exact) mass is 240 g/mol. The van der Waals surface area contributed by atoms with Crippen LogP contribution in [0.1, 0.15) is 19.2 Å².